The van der Waals surface area contributed by atoms with E-state index in [4.69, 9.17) is 21.7 Å². The summed E-state index contributed by atoms with van der Waals surface area (Å²) in [6.45, 7) is 6.84. The van der Waals surface area contributed by atoms with E-state index in [9.17, 15) is 0 Å². The van der Waals surface area contributed by atoms with Gasteiger partial charge in [0.1, 0.15) is 5.75 Å². The van der Waals surface area contributed by atoms with E-state index >= 15 is 0 Å². The number of methoxy groups -OCH3 is 1. The molecule has 0 saturated carbocycles. The molecule has 0 N–H and O–H groups in total. The van der Waals surface area contributed by atoms with Gasteiger partial charge in [0.15, 0.2) is 4.77 Å². The monoisotopic (exact) mass is 383 g/mol. The molecule has 4 rings (SSSR count). The summed E-state index contributed by atoms with van der Waals surface area (Å²) >= 11 is 5.90. The fourth-order valence-electron chi connectivity index (χ4n) is 3.93. The second-order valence-electron chi connectivity index (χ2n) is 7.17. The Kier molecular flexibility index (Phi) is 5.04. The number of hydrogen-bond acceptors (Lipinski definition) is 4. The Labute approximate surface area is 164 Å². The minimum Gasteiger partial charge on any atom is -0.497 e. The molecule has 1 aromatic heterocycles. The van der Waals surface area contributed by atoms with Crippen molar-refractivity contribution in [2.45, 2.75) is 32.7 Å². The van der Waals surface area contributed by atoms with Crippen molar-refractivity contribution in [3.8, 4) is 11.4 Å². The lowest BCUT2D eigenvalue weighted by atomic mass is 10.2. The van der Waals surface area contributed by atoms with Crippen molar-refractivity contribution in [3.63, 3.8) is 0 Å². The van der Waals surface area contributed by atoms with Gasteiger partial charge < -0.3 is 14.0 Å². The first-order valence-corrected chi connectivity index (χ1v) is 9.70. The fraction of sp³-hybridized carbons (Fsp3) is 0.381. The smallest absolute Gasteiger partial charge is 0.186 e. The lowest BCUT2D eigenvalue weighted by molar-refractivity contribution is -0.0763. The molecule has 6 heteroatoms. The molecule has 5 nitrogen and oxygen atoms in total. The van der Waals surface area contributed by atoms with Crippen molar-refractivity contribution < 1.29 is 9.47 Å². The second kappa shape index (κ2) is 7.46. The third-order valence-electron chi connectivity index (χ3n) is 5.00. The Morgan fingerprint density at radius 1 is 1.00 bits per heavy atom. The van der Waals surface area contributed by atoms with Gasteiger partial charge in [-0.05, 0) is 62.5 Å². The number of aromatic nitrogens is 2. The van der Waals surface area contributed by atoms with E-state index in [2.05, 4.69) is 52.1 Å². The van der Waals surface area contributed by atoms with Gasteiger partial charge in [-0.1, -0.05) is 12.1 Å². The summed E-state index contributed by atoms with van der Waals surface area (Å²) in [5.74, 6) is 0.838. The number of hydrogen-bond donors (Lipinski definition) is 0. The molecule has 2 aromatic carbocycles. The SMILES string of the molecule is COc1ccc(-n2c(=S)n(CN3CC(C)OC(C)C3)c3ccccc32)cc1. The zero-order valence-electron chi connectivity index (χ0n) is 16.0. The van der Waals surface area contributed by atoms with Crippen LogP contribution in [-0.4, -0.2) is 46.4 Å². The summed E-state index contributed by atoms with van der Waals surface area (Å²) in [4.78, 5) is 2.42. The van der Waals surface area contributed by atoms with Gasteiger partial charge in [0.05, 0.1) is 37.0 Å². The molecule has 2 heterocycles. The highest BCUT2D eigenvalue weighted by Crippen LogP contribution is 2.25. The molecule has 1 saturated heterocycles. The van der Waals surface area contributed by atoms with E-state index in [0.717, 1.165) is 47.0 Å². The maximum Gasteiger partial charge on any atom is 0.186 e. The van der Waals surface area contributed by atoms with E-state index in [-0.39, 0.29) is 12.2 Å². The summed E-state index contributed by atoms with van der Waals surface area (Å²) in [6, 6.07) is 16.4. The van der Waals surface area contributed by atoms with Crippen LogP contribution in [0.1, 0.15) is 13.8 Å². The minimum absolute atomic E-state index is 0.234. The zero-order valence-corrected chi connectivity index (χ0v) is 16.8. The number of rotatable bonds is 4. The standard InChI is InChI=1S/C21H25N3O2S/c1-15-12-22(13-16(2)26-15)14-23-19-6-4-5-7-20(19)24(21(23)27)17-8-10-18(25-3)11-9-17/h4-11,15-16H,12-14H2,1-3H3. The number of ether oxygens (including phenoxy) is 2. The maximum absolute atomic E-state index is 5.90. The molecule has 0 spiro atoms. The number of fused-ring (bicyclic) bond motifs is 1. The van der Waals surface area contributed by atoms with Crippen LogP contribution in [0, 0.1) is 4.77 Å². The first-order chi connectivity index (χ1) is 13.1. The van der Waals surface area contributed by atoms with E-state index in [0.29, 0.717) is 0 Å². The topological polar surface area (TPSA) is 31.6 Å². The Hall–Kier alpha value is -2.15. The van der Waals surface area contributed by atoms with Crippen LogP contribution in [0.3, 0.4) is 0 Å². The van der Waals surface area contributed by atoms with Gasteiger partial charge in [0, 0.05) is 18.8 Å². The molecular formula is C21H25N3O2S. The highest BCUT2D eigenvalue weighted by atomic mass is 32.1. The molecule has 0 bridgehead atoms. The molecule has 0 radical (unpaired) electrons. The summed E-state index contributed by atoms with van der Waals surface area (Å²) in [7, 11) is 1.68. The molecule has 0 amide bonds. The first-order valence-electron chi connectivity index (χ1n) is 9.29. The number of morpholine rings is 1. The van der Waals surface area contributed by atoms with Crippen molar-refractivity contribution in [2.75, 3.05) is 20.2 Å². The van der Waals surface area contributed by atoms with Crippen molar-refractivity contribution in [3.05, 3.63) is 53.3 Å². The van der Waals surface area contributed by atoms with Gasteiger partial charge in [-0.3, -0.25) is 9.47 Å². The number of imidazole rings is 1. The lowest BCUT2D eigenvalue weighted by Crippen LogP contribution is -2.45. The normalized spacial score (nSPS) is 20.9. The molecule has 2 unspecified atom stereocenters. The second-order valence-corrected chi connectivity index (χ2v) is 7.53. The van der Waals surface area contributed by atoms with E-state index in [1.165, 1.54) is 0 Å². The van der Waals surface area contributed by atoms with Crippen LogP contribution >= 0.6 is 12.2 Å². The van der Waals surface area contributed by atoms with Crippen LogP contribution in [-0.2, 0) is 11.4 Å². The Morgan fingerprint density at radius 3 is 2.26 bits per heavy atom. The van der Waals surface area contributed by atoms with Crippen molar-refractivity contribution in [2.24, 2.45) is 0 Å². The Morgan fingerprint density at radius 2 is 1.63 bits per heavy atom. The molecule has 2 atom stereocenters. The van der Waals surface area contributed by atoms with Crippen LogP contribution in [0.2, 0.25) is 0 Å². The fourth-order valence-corrected chi connectivity index (χ4v) is 4.29. The number of para-hydroxylation sites is 2. The van der Waals surface area contributed by atoms with Crippen LogP contribution in [0.15, 0.2) is 48.5 Å². The van der Waals surface area contributed by atoms with Crippen LogP contribution in [0.4, 0.5) is 0 Å². The third-order valence-corrected chi connectivity index (χ3v) is 5.41. The van der Waals surface area contributed by atoms with Gasteiger partial charge in [-0.25, -0.2) is 0 Å². The predicted molar refractivity (Wildman–Crippen MR) is 110 cm³/mol. The van der Waals surface area contributed by atoms with Gasteiger partial charge >= 0.3 is 0 Å². The summed E-state index contributed by atoms with van der Waals surface area (Å²) in [6.07, 6.45) is 0.468. The predicted octanol–water partition coefficient (Wildman–Crippen LogP) is 4.24. The quantitative estimate of drug-likeness (QED) is 0.631. The minimum atomic E-state index is 0.234. The van der Waals surface area contributed by atoms with Gasteiger partial charge in [0.25, 0.3) is 0 Å². The number of nitrogens with zero attached hydrogens (tertiary/aromatic N) is 3. The molecule has 1 aliphatic heterocycles. The largest absolute Gasteiger partial charge is 0.497 e. The summed E-state index contributed by atoms with van der Waals surface area (Å²) in [5, 5.41) is 0. The molecule has 1 aliphatic rings. The first kappa shape index (κ1) is 18.2. The van der Waals surface area contributed by atoms with Gasteiger partial charge in [0.2, 0.25) is 0 Å². The molecule has 142 valence electrons. The Bertz CT molecular complexity index is 983. The molecule has 27 heavy (non-hydrogen) atoms. The third kappa shape index (κ3) is 3.52. The zero-order chi connectivity index (χ0) is 19.0. The van der Waals surface area contributed by atoms with Crippen molar-refractivity contribution in [1.82, 2.24) is 14.0 Å². The average Bonchev–Trinajstić information content (AvgIpc) is 2.93. The lowest BCUT2D eigenvalue weighted by Gasteiger charge is -2.35. The summed E-state index contributed by atoms with van der Waals surface area (Å²) in [5.41, 5.74) is 3.30. The Balaban J connectivity index is 1.77. The highest BCUT2D eigenvalue weighted by molar-refractivity contribution is 7.71. The average molecular weight is 384 g/mol. The molecule has 1 fully saturated rings. The molecule has 3 aromatic rings. The van der Waals surface area contributed by atoms with Crippen molar-refractivity contribution in [1.29, 1.82) is 0 Å². The van der Waals surface area contributed by atoms with E-state index in [1.54, 1.807) is 7.11 Å². The highest BCUT2D eigenvalue weighted by Gasteiger charge is 2.23. The molecular weight excluding hydrogens is 358 g/mol. The van der Waals surface area contributed by atoms with Crippen LogP contribution in [0.5, 0.6) is 5.75 Å². The van der Waals surface area contributed by atoms with Gasteiger partial charge in [-0.15, -0.1) is 0 Å². The molecule has 0 aliphatic carbocycles. The number of benzene rings is 2. The van der Waals surface area contributed by atoms with Crippen LogP contribution in [0.25, 0.3) is 16.7 Å². The van der Waals surface area contributed by atoms with Crippen molar-refractivity contribution >= 4 is 23.3 Å². The van der Waals surface area contributed by atoms with Gasteiger partial charge in [-0.2, -0.15) is 0 Å². The summed E-state index contributed by atoms with van der Waals surface area (Å²) < 4.78 is 16.3. The van der Waals surface area contributed by atoms with E-state index in [1.807, 2.05) is 24.3 Å². The van der Waals surface area contributed by atoms with Crippen LogP contribution < -0.4 is 4.74 Å². The van der Waals surface area contributed by atoms with E-state index < -0.39 is 0 Å². The maximum atomic E-state index is 5.90.